The summed E-state index contributed by atoms with van der Waals surface area (Å²) in [6.45, 7) is 7.29. The number of carbonyl (C=O) groups excluding carboxylic acids is 1. The van der Waals surface area contributed by atoms with Crippen LogP contribution in [0.1, 0.15) is 37.6 Å². The molecule has 0 aromatic heterocycles. The fourth-order valence-electron chi connectivity index (χ4n) is 2.12. The van der Waals surface area contributed by atoms with Crippen molar-refractivity contribution in [2.75, 3.05) is 13.1 Å². The summed E-state index contributed by atoms with van der Waals surface area (Å²) in [6.07, 6.45) is 0.235. The van der Waals surface area contributed by atoms with Crippen LogP contribution in [0.15, 0.2) is 33.7 Å². The third kappa shape index (κ3) is 4.95. The summed E-state index contributed by atoms with van der Waals surface area (Å²) < 4.78 is 31.6. The van der Waals surface area contributed by atoms with Crippen molar-refractivity contribution in [3.05, 3.63) is 40.3 Å². The third-order valence-electron chi connectivity index (χ3n) is 3.32. The Bertz CT molecular complexity index is 694. The number of ether oxygens (including phenoxy) is 1. The minimum absolute atomic E-state index is 0.0878. The number of carbonyl (C=O) groups is 1. The van der Waals surface area contributed by atoms with E-state index in [0.29, 0.717) is 6.42 Å². The molecule has 1 aromatic rings. The monoisotopic (exact) mass is 340 g/mol. The zero-order valence-corrected chi connectivity index (χ0v) is 14.2. The van der Waals surface area contributed by atoms with Crippen LogP contribution in [-0.2, 0) is 14.8 Å². The van der Waals surface area contributed by atoms with Crippen molar-refractivity contribution in [2.24, 2.45) is 4.52 Å². The standard InChI is InChI=1S/C14H20N4O4S/c1-4-13(18(5-2)6-3)22-14(19)11-8-7-9-12(10-11)23(20,21)17-16-15/h7-10,13H,4-6H2,1-3H3. The summed E-state index contributed by atoms with van der Waals surface area (Å²) in [7, 11) is -4.14. The molecular formula is C14H20N4O4S. The first-order chi connectivity index (χ1) is 10.9. The zero-order chi connectivity index (χ0) is 17.5. The van der Waals surface area contributed by atoms with Crippen molar-refractivity contribution in [1.82, 2.24) is 4.90 Å². The fraction of sp³-hybridized carbons (Fsp3) is 0.500. The molecule has 8 nitrogen and oxygen atoms in total. The third-order valence-corrected chi connectivity index (χ3v) is 4.46. The van der Waals surface area contributed by atoms with Gasteiger partial charge in [-0.1, -0.05) is 26.8 Å². The lowest BCUT2D eigenvalue weighted by Gasteiger charge is -2.28. The molecule has 0 saturated heterocycles. The van der Waals surface area contributed by atoms with Crippen LogP contribution < -0.4 is 0 Å². The lowest BCUT2D eigenvalue weighted by molar-refractivity contribution is -0.0307. The number of hydrogen-bond donors (Lipinski definition) is 0. The van der Waals surface area contributed by atoms with Gasteiger partial charge in [0.05, 0.1) is 10.5 Å². The van der Waals surface area contributed by atoms with Gasteiger partial charge >= 0.3 is 5.97 Å². The topological polar surface area (TPSA) is 112 Å². The highest BCUT2D eigenvalue weighted by molar-refractivity contribution is 7.90. The summed E-state index contributed by atoms with van der Waals surface area (Å²) >= 11 is 0. The molecular weight excluding hydrogens is 320 g/mol. The van der Waals surface area contributed by atoms with E-state index >= 15 is 0 Å². The van der Waals surface area contributed by atoms with Crippen LogP contribution in [0.25, 0.3) is 10.4 Å². The molecule has 9 heteroatoms. The summed E-state index contributed by atoms with van der Waals surface area (Å²) in [5.41, 5.74) is 8.38. The second-order valence-electron chi connectivity index (χ2n) is 4.66. The van der Waals surface area contributed by atoms with Gasteiger partial charge in [0.25, 0.3) is 10.0 Å². The molecule has 1 unspecified atom stereocenters. The summed E-state index contributed by atoms with van der Waals surface area (Å²) in [5, 5.41) is 0. The molecule has 0 spiro atoms. The molecule has 0 saturated carbocycles. The minimum Gasteiger partial charge on any atom is -0.443 e. The first-order valence-corrected chi connectivity index (χ1v) is 8.70. The summed E-state index contributed by atoms with van der Waals surface area (Å²) in [6, 6.07) is 5.24. The Morgan fingerprint density at radius 1 is 1.35 bits per heavy atom. The lowest BCUT2D eigenvalue weighted by Crippen LogP contribution is -2.38. The molecule has 0 aliphatic carbocycles. The van der Waals surface area contributed by atoms with Gasteiger partial charge < -0.3 is 4.74 Å². The molecule has 0 bridgehead atoms. The first-order valence-electron chi connectivity index (χ1n) is 7.26. The van der Waals surface area contributed by atoms with E-state index < -0.39 is 16.0 Å². The van der Waals surface area contributed by atoms with E-state index in [-0.39, 0.29) is 16.7 Å². The number of azide groups is 1. The molecule has 0 N–H and O–H groups in total. The number of esters is 1. The van der Waals surface area contributed by atoms with Gasteiger partial charge in [-0.3, -0.25) is 4.90 Å². The van der Waals surface area contributed by atoms with Gasteiger partial charge in [-0.2, -0.15) is 0 Å². The Morgan fingerprint density at radius 2 is 2.00 bits per heavy atom. The van der Waals surface area contributed by atoms with Crippen LogP contribution in [0.5, 0.6) is 0 Å². The summed E-state index contributed by atoms with van der Waals surface area (Å²) in [5.74, 6) is -0.623. The van der Waals surface area contributed by atoms with Gasteiger partial charge in [-0.05, 0) is 43.2 Å². The second-order valence-corrected chi connectivity index (χ2v) is 6.25. The Labute approximate surface area is 135 Å². The molecule has 126 valence electrons. The van der Waals surface area contributed by atoms with E-state index in [9.17, 15) is 13.2 Å². The van der Waals surface area contributed by atoms with Crippen molar-refractivity contribution >= 4 is 16.0 Å². The van der Waals surface area contributed by atoms with Crippen LogP contribution >= 0.6 is 0 Å². The van der Waals surface area contributed by atoms with Gasteiger partial charge in [0.1, 0.15) is 0 Å². The normalized spacial score (nSPS) is 12.5. The van der Waals surface area contributed by atoms with Gasteiger partial charge in [0, 0.05) is 9.43 Å². The molecule has 0 aliphatic rings. The maximum Gasteiger partial charge on any atom is 0.339 e. The molecule has 23 heavy (non-hydrogen) atoms. The Morgan fingerprint density at radius 3 is 2.52 bits per heavy atom. The molecule has 1 aromatic carbocycles. The van der Waals surface area contributed by atoms with E-state index in [1.165, 1.54) is 18.2 Å². The van der Waals surface area contributed by atoms with Crippen molar-refractivity contribution in [1.29, 1.82) is 0 Å². The van der Waals surface area contributed by atoms with Crippen LogP contribution in [0.2, 0.25) is 0 Å². The van der Waals surface area contributed by atoms with E-state index in [2.05, 4.69) is 9.43 Å². The number of benzene rings is 1. The van der Waals surface area contributed by atoms with Crippen molar-refractivity contribution in [2.45, 2.75) is 38.3 Å². The van der Waals surface area contributed by atoms with Crippen molar-refractivity contribution in [3.8, 4) is 0 Å². The highest BCUT2D eigenvalue weighted by atomic mass is 32.2. The largest absolute Gasteiger partial charge is 0.443 e. The predicted molar refractivity (Wildman–Crippen MR) is 85.2 cm³/mol. The lowest BCUT2D eigenvalue weighted by atomic mass is 10.2. The van der Waals surface area contributed by atoms with Crippen molar-refractivity contribution in [3.63, 3.8) is 0 Å². The van der Waals surface area contributed by atoms with Crippen LogP contribution in [0.3, 0.4) is 0 Å². The molecule has 0 fully saturated rings. The Hall–Kier alpha value is -2.09. The fourth-order valence-corrected chi connectivity index (χ4v) is 2.83. The Balaban J connectivity index is 3.03. The molecule has 0 heterocycles. The minimum atomic E-state index is -4.14. The van der Waals surface area contributed by atoms with E-state index in [4.69, 9.17) is 10.3 Å². The quantitative estimate of drug-likeness (QED) is 0.237. The average Bonchev–Trinajstić information content (AvgIpc) is 2.54. The molecule has 1 rings (SSSR count). The van der Waals surface area contributed by atoms with Gasteiger partial charge in [-0.15, -0.1) is 0 Å². The predicted octanol–water partition coefficient (Wildman–Crippen LogP) is 2.92. The van der Waals surface area contributed by atoms with E-state index in [1.807, 2.05) is 25.7 Å². The van der Waals surface area contributed by atoms with E-state index in [1.54, 1.807) is 0 Å². The first kappa shape index (κ1) is 19.0. The molecule has 0 radical (unpaired) electrons. The SMILES string of the molecule is CCC(OC(=O)c1cccc(S(=O)(=O)N=[N+]=[N-])c1)N(CC)CC. The van der Waals surface area contributed by atoms with Gasteiger partial charge in [0.2, 0.25) is 0 Å². The van der Waals surface area contributed by atoms with E-state index in [0.717, 1.165) is 19.2 Å². The second kappa shape index (κ2) is 8.52. The van der Waals surface area contributed by atoms with Gasteiger partial charge in [0.15, 0.2) is 6.23 Å². The highest BCUT2D eigenvalue weighted by Crippen LogP contribution is 2.17. The number of hydrogen-bond acceptors (Lipinski definition) is 5. The number of sulfonamides is 1. The molecule has 1 atom stereocenters. The smallest absolute Gasteiger partial charge is 0.339 e. The molecule has 0 amide bonds. The number of nitrogens with zero attached hydrogens (tertiary/aromatic N) is 4. The van der Waals surface area contributed by atoms with Gasteiger partial charge in [-0.25, -0.2) is 13.2 Å². The van der Waals surface area contributed by atoms with Crippen LogP contribution in [-0.4, -0.2) is 38.6 Å². The zero-order valence-electron chi connectivity index (χ0n) is 13.3. The molecule has 0 aliphatic heterocycles. The van der Waals surface area contributed by atoms with Crippen molar-refractivity contribution < 1.29 is 17.9 Å². The van der Waals surface area contributed by atoms with Crippen LogP contribution in [0, 0.1) is 0 Å². The maximum atomic E-state index is 12.2. The average molecular weight is 340 g/mol. The highest BCUT2D eigenvalue weighted by Gasteiger charge is 2.21. The van der Waals surface area contributed by atoms with Crippen LogP contribution in [0.4, 0.5) is 0 Å². The Kier molecular flexibility index (Phi) is 7.02. The summed E-state index contributed by atoms with van der Waals surface area (Å²) in [4.78, 5) is 16.3. The number of rotatable bonds is 8. The maximum absolute atomic E-state index is 12.2.